The van der Waals surface area contributed by atoms with Crippen molar-refractivity contribution >= 4 is 17.9 Å². The van der Waals surface area contributed by atoms with Crippen LogP contribution in [0.1, 0.15) is 6.92 Å². The zero-order valence-electron chi connectivity index (χ0n) is 3.36. The molecule has 0 aliphatic rings. The van der Waals surface area contributed by atoms with E-state index in [1.54, 1.807) is 13.2 Å². The molecule has 0 unspecified atom stereocenters. The average Bonchev–Trinajstić information content (AvgIpc) is 1.65. The maximum Gasteiger partial charge on any atom is 0.229 e. The lowest BCUT2D eigenvalue weighted by Gasteiger charge is -1.69. The molecule has 0 aromatic rings. The Kier molecular flexibility index (Phi) is 2.77. The molecule has 0 N–H and O–H groups in total. The highest BCUT2D eigenvalue weighted by Crippen LogP contribution is 1.86. The fourth-order valence-corrected chi connectivity index (χ4v) is 0.0668. The summed E-state index contributed by atoms with van der Waals surface area (Å²) in [5, 5.41) is 0. The largest absolute Gasteiger partial charge is 0.285 e. The van der Waals surface area contributed by atoms with Gasteiger partial charge in [-0.1, -0.05) is 11.6 Å². The Hall–Kier alpha value is -0.300. The second-order valence-electron chi connectivity index (χ2n) is 0.894. The Balaban J connectivity index is 3.50. The molecule has 0 aliphatic heterocycles. The third kappa shape index (κ3) is 1.97. The van der Waals surface area contributed by atoms with Gasteiger partial charge in [-0.2, -0.15) is 0 Å². The third-order valence-corrected chi connectivity index (χ3v) is 0.652. The number of allylic oxidation sites excluding steroid dienone is 1. The highest BCUT2D eigenvalue weighted by molar-refractivity contribution is 6.26. The summed E-state index contributed by atoms with van der Waals surface area (Å²) in [6.45, 7) is 1.58. The first kappa shape index (κ1) is 5.70. The van der Waals surface area contributed by atoms with Crippen molar-refractivity contribution in [2.45, 2.75) is 6.92 Å². The van der Waals surface area contributed by atoms with Gasteiger partial charge in [0.1, 0.15) is 0 Å². The molecule has 2 heteroatoms. The van der Waals surface area contributed by atoms with Crippen molar-refractivity contribution in [3.8, 4) is 0 Å². The molecule has 0 fully saturated rings. The molecule has 0 aliphatic carbocycles. The molecule has 0 amide bonds. The van der Waals surface area contributed by atoms with Gasteiger partial charge in [0.05, 0.1) is 0 Å². The van der Waals surface area contributed by atoms with Crippen molar-refractivity contribution in [2.75, 3.05) is 0 Å². The van der Waals surface area contributed by atoms with Crippen LogP contribution in [0.4, 0.5) is 0 Å². The summed E-state index contributed by atoms with van der Waals surface area (Å²) in [7, 11) is 0. The highest BCUT2D eigenvalue weighted by atomic mass is 35.5. The number of hydrogen-bond donors (Lipinski definition) is 0. The van der Waals surface area contributed by atoms with Crippen molar-refractivity contribution in [3.63, 3.8) is 0 Å². The van der Waals surface area contributed by atoms with E-state index < -0.39 is 0 Å². The first-order valence-electron chi connectivity index (χ1n) is 1.46. The van der Waals surface area contributed by atoms with E-state index in [0.29, 0.717) is 5.57 Å². The smallest absolute Gasteiger partial charge is 0.229 e. The van der Waals surface area contributed by atoms with Crippen molar-refractivity contribution in [1.82, 2.24) is 0 Å². The predicted molar refractivity (Wildman–Crippen MR) is 25.3 cm³/mol. The molecule has 0 saturated carbocycles. The Morgan fingerprint density at radius 1 is 2.00 bits per heavy atom. The van der Waals surface area contributed by atoms with Crippen LogP contribution in [0, 0.1) is 0 Å². The van der Waals surface area contributed by atoms with E-state index in [-0.39, 0.29) is 0 Å². The van der Waals surface area contributed by atoms with E-state index in [2.05, 4.69) is 0 Å². The molecule has 0 heterocycles. The standard InChI is InChI=1S/C4H4ClO/c1-4(2-5)3-6/h2H,1H3. The predicted octanol–water partition coefficient (Wildman–Crippen LogP) is 1.24. The van der Waals surface area contributed by atoms with Gasteiger partial charge >= 0.3 is 0 Å². The second-order valence-corrected chi connectivity index (χ2v) is 1.11. The van der Waals surface area contributed by atoms with E-state index in [9.17, 15) is 4.79 Å². The summed E-state index contributed by atoms with van der Waals surface area (Å²) in [6.07, 6.45) is 1.59. The van der Waals surface area contributed by atoms with E-state index >= 15 is 0 Å². The number of halogens is 1. The quantitative estimate of drug-likeness (QED) is 0.457. The van der Waals surface area contributed by atoms with Gasteiger partial charge < -0.3 is 0 Å². The van der Waals surface area contributed by atoms with Gasteiger partial charge in [0.2, 0.25) is 6.29 Å². The molecule has 33 valence electrons. The monoisotopic (exact) mass is 103 g/mol. The van der Waals surface area contributed by atoms with Crippen molar-refractivity contribution in [2.24, 2.45) is 0 Å². The van der Waals surface area contributed by atoms with Crippen LogP contribution < -0.4 is 0 Å². The van der Waals surface area contributed by atoms with E-state index in [4.69, 9.17) is 11.6 Å². The van der Waals surface area contributed by atoms with Gasteiger partial charge in [0.25, 0.3) is 0 Å². The lowest BCUT2D eigenvalue weighted by Crippen LogP contribution is -1.68. The molecular formula is C4H4ClO. The molecule has 0 aromatic heterocycles. The molecule has 0 atom stereocenters. The summed E-state index contributed by atoms with van der Waals surface area (Å²) < 4.78 is 0. The van der Waals surface area contributed by atoms with E-state index in [1.165, 1.54) is 5.54 Å². The van der Waals surface area contributed by atoms with Crippen LogP contribution in [0.3, 0.4) is 0 Å². The van der Waals surface area contributed by atoms with Crippen LogP contribution in [0.2, 0.25) is 0 Å². The van der Waals surface area contributed by atoms with Crippen molar-refractivity contribution in [1.29, 1.82) is 0 Å². The minimum atomic E-state index is 0.427. The summed E-state index contributed by atoms with van der Waals surface area (Å²) in [4.78, 5) is 9.46. The molecule has 0 spiro atoms. The lowest BCUT2D eigenvalue weighted by molar-refractivity contribution is 0.562. The summed E-state index contributed by atoms with van der Waals surface area (Å²) in [6, 6.07) is 0. The zero-order chi connectivity index (χ0) is 4.99. The fraction of sp³-hybridized carbons (Fsp3) is 0.250. The summed E-state index contributed by atoms with van der Waals surface area (Å²) in [5.41, 5.74) is 1.61. The van der Waals surface area contributed by atoms with E-state index in [0.717, 1.165) is 0 Å². The van der Waals surface area contributed by atoms with Crippen LogP contribution in [0.15, 0.2) is 11.1 Å². The van der Waals surface area contributed by atoms with Crippen LogP contribution in [-0.2, 0) is 4.79 Å². The maximum atomic E-state index is 9.46. The number of hydrogen-bond acceptors (Lipinski definition) is 1. The molecule has 0 aromatic carbocycles. The molecule has 1 nitrogen and oxygen atoms in total. The molecule has 0 bridgehead atoms. The molecule has 0 rings (SSSR count). The molecule has 0 saturated heterocycles. The zero-order valence-corrected chi connectivity index (χ0v) is 4.12. The van der Waals surface area contributed by atoms with Crippen LogP contribution in [0.5, 0.6) is 0 Å². The highest BCUT2D eigenvalue weighted by Gasteiger charge is 1.76. The molecular weight excluding hydrogens is 99.5 g/mol. The SMILES string of the molecule is CC([C]=O)=CCl. The topological polar surface area (TPSA) is 17.1 Å². The second kappa shape index (κ2) is 2.91. The Morgan fingerprint density at radius 2 is 2.50 bits per heavy atom. The lowest BCUT2D eigenvalue weighted by atomic mass is 10.4. The molecule has 6 heavy (non-hydrogen) atoms. The first-order chi connectivity index (χ1) is 2.81. The Labute approximate surface area is 41.6 Å². The van der Waals surface area contributed by atoms with Gasteiger partial charge in [-0.25, -0.2) is 0 Å². The van der Waals surface area contributed by atoms with Crippen molar-refractivity contribution in [3.05, 3.63) is 11.1 Å². The Bertz CT molecular complexity index is 75.6. The number of rotatable bonds is 1. The number of carbonyl (C=O) groups excluding carboxylic acids is 1. The van der Waals surface area contributed by atoms with Crippen LogP contribution in [0.25, 0.3) is 0 Å². The first-order valence-corrected chi connectivity index (χ1v) is 1.90. The third-order valence-electron chi connectivity index (χ3n) is 0.325. The average molecular weight is 104 g/mol. The van der Waals surface area contributed by atoms with Crippen molar-refractivity contribution < 1.29 is 4.79 Å². The normalized spacial score (nSPS) is 11.3. The van der Waals surface area contributed by atoms with E-state index in [1.807, 2.05) is 0 Å². The fourth-order valence-electron chi connectivity index (χ4n) is 0.0223. The minimum Gasteiger partial charge on any atom is -0.285 e. The van der Waals surface area contributed by atoms with Gasteiger partial charge in [-0.15, -0.1) is 0 Å². The van der Waals surface area contributed by atoms with Gasteiger partial charge in [-0.05, 0) is 6.92 Å². The maximum absolute atomic E-state index is 9.46. The van der Waals surface area contributed by atoms with Gasteiger partial charge in [-0.3, -0.25) is 4.79 Å². The molecule has 1 radical (unpaired) electrons. The van der Waals surface area contributed by atoms with Gasteiger partial charge in [0, 0.05) is 11.1 Å². The minimum absolute atomic E-state index is 0.427. The summed E-state index contributed by atoms with van der Waals surface area (Å²) in [5.74, 6) is 0. The summed E-state index contributed by atoms with van der Waals surface area (Å²) >= 11 is 5.03. The van der Waals surface area contributed by atoms with Crippen LogP contribution >= 0.6 is 11.6 Å². The Morgan fingerprint density at radius 3 is 2.50 bits per heavy atom. The van der Waals surface area contributed by atoms with Crippen LogP contribution in [-0.4, -0.2) is 6.29 Å². The van der Waals surface area contributed by atoms with Gasteiger partial charge in [0.15, 0.2) is 0 Å².